The molecular formula is C12H19N3S. The van der Waals surface area contributed by atoms with Crippen molar-refractivity contribution in [3.05, 3.63) is 11.4 Å². The molecule has 0 bridgehead atoms. The standard InChI is InChI=1S/C12H19N3S/c1-7(2)12-8-3-5-10-11(6-4-9(8)12)15(16)14-13-10/h7-9,12,16H,3-6H2,1-2H3/t8-,9+,12?/m0/s1. The molecule has 0 aromatic carbocycles. The third kappa shape index (κ3) is 1.58. The molecule has 2 aliphatic carbocycles. The van der Waals surface area contributed by atoms with E-state index in [1.165, 1.54) is 24.2 Å². The summed E-state index contributed by atoms with van der Waals surface area (Å²) in [5.41, 5.74) is 2.43. The Morgan fingerprint density at radius 1 is 1.25 bits per heavy atom. The van der Waals surface area contributed by atoms with Crippen molar-refractivity contribution in [3.63, 3.8) is 0 Å². The van der Waals surface area contributed by atoms with Crippen LogP contribution in [0.2, 0.25) is 0 Å². The first-order valence-corrected chi connectivity index (χ1v) is 6.71. The first-order chi connectivity index (χ1) is 7.68. The number of hydrogen-bond donors (Lipinski definition) is 1. The van der Waals surface area contributed by atoms with Crippen LogP contribution in [0.4, 0.5) is 0 Å². The lowest BCUT2D eigenvalue weighted by molar-refractivity contribution is 0.490. The van der Waals surface area contributed by atoms with E-state index in [1.54, 1.807) is 4.09 Å². The maximum atomic E-state index is 4.32. The predicted molar refractivity (Wildman–Crippen MR) is 66.4 cm³/mol. The van der Waals surface area contributed by atoms with E-state index in [2.05, 4.69) is 37.0 Å². The van der Waals surface area contributed by atoms with Crippen LogP contribution in [0.25, 0.3) is 0 Å². The van der Waals surface area contributed by atoms with Crippen molar-refractivity contribution < 1.29 is 0 Å². The number of thiol groups is 1. The third-order valence-electron chi connectivity index (χ3n) is 4.42. The Kier molecular flexibility index (Phi) is 2.50. The molecule has 0 aliphatic heterocycles. The zero-order chi connectivity index (χ0) is 11.3. The lowest BCUT2D eigenvalue weighted by atomic mass is 10.0. The highest BCUT2D eigenvalue weighted by atomic mass is 32.1. The summed E-state index contributed by atoms with van der Waals surface area (Å²) in [6.07, 6.45) is 4.80. The van der Waals surface area contributed by atoms with Gasteiger partial charge in [0.2, 0.25) is 0 Å². The van der Waals surface area contributed by atoms with Gasteiger partial charge in [-0.05, 0) is 62.2 Å². The summed E-state index contributed by atoms with van der Waals surface area (Å²) in [6, 6.07) is 0. The largest absolute Gasteiger partial charge is 0.193 e. The quantitative estimate of drug-likeness (QED) is 0.760. The summed E-state index contributed by atoms with van der Waals surface area (Å²) in [5.74, 6) is 3.72. The van der Waals surface area contributed by atoms with Gasteiger partial charge in [-0.2, -0.15) is 4.09 Å². The summed E-state index contributed by atoms with van der Waals surface area (Å²) in [7, 11) is 0. The molecule has 1 saturated carbocycles. The van der Waals surface area contributed by atoms with Gasteiger partial charge in [-0.1, -0.05) is 19.1 Å². The highest BCUT2D eigenvalue weighted by molar-refractivity contribution is 7.78. The molecule has 0 spiro atoms. The van der Waals surface area contributed by atoms with Gasteiger partial charge in [-0.15, -0.1) is 5.10 Å². The van der Waals surface area contributed by atoms with E-state index in [4.69, 9.17) is 0 Å². The number of fused-ring (bicyclic) bond motifs is 2. The Bertz CT molecular complexity index is 399. The second-order valence-electron chi connectivity index (χ2n) is 5.60. The Labute approximate surface area is 102 Å². The van der Waals surface area contributed by atoms with Crippen LogP contribution in [0, 0.1) is 23.7 Å². The molecule has 3 atom stereocenters. The van der Waals surface area contributed by atoms with Crippen molar-refractivity contribution in [3.8, 4) is 0 Å². The van der Waals surface area contributed by atoms with E-state index in [0.717, 1.165) is 36.5 Å². The van der Waals surface area contributed by atoms with Crippen molar-refractivity contribution in [1.29, 1.82) is 0 Å². The predicted octanol–water partition coefficient (Wildman–Crippen LogP) is 2.37. The molecule has 1 fully saturated rings. The fraction of sp³-hybridized carbons (Fsp3) is 0.833. The van der Waals surface area contributed by atoms with Crippen LogP contribution >= 0.6 is 12.8 Å². The van der Waals surface area contributed by atoms with Gasteiger partial charge in [-0.25, -0.2) is 0 Å². The van der Waals surface area contributed by atoms with Crippen molar-refractivity contribution in [2.75, 3.05) is 0 Å². The highest BCUT2D eigenvalue weighted by Gasteiger charge is 2.50. The molecule has 1 unspecified atom stereocenters. The number of hydrogen-bond acceptors (Lipinski definition) is 3. The van der Waals surface area contributed by atoms with Gasteiger partial charge in [0.1, 0.15) is 0 Å². The van der Waals surface area contributed by atoms with Crippen LogP contribution < -0.4 is 0 Å². The van der Waals surface area contributed by atoms with Crippen molar-refractivity contribution in [2.45, 2.75) is 39.5 Å². The monoisotopic (exact) mass is 237 g/mol. The average molecular weight is 237 g/mol. The molecule has 2 aliphatic rings. The molecular weight excluding hydrogens is 218 g/mol. The minimum atomic E-state index is 0.844. The van der Waals surface area contributed by atoms with Crippen LogP contribution in [0.1, 0.15) is 38.1 Å². The van der Waals surface area contributed by atoms with Gasteiger partial charge in [0, 0.05) is 0 Å². The first-order valence-electron chi connectivity index (χ1n) is 6.31. The van der Waals surface area contributed by atoms with Crippen molar-refractivity contribution in [1.82, 2.24) is 14.4 Å². The van der Waals surface area contributed by atoms with Crippen LogP contribution in [-0.4, -0.2) is 14.4 Å². The Hall–Kier alpha value is -0.510. The highest BCUT2D eigenvalue weighted by Crippen LogP contribution is 2.56. The Morgan fingerprint density at radius 3 is 2.62 bits per heavy atom. The summed E-state index contributed by atoms with van der Waals surface area (Å²) >= 11 is 4.32. The molecule has 1 heterocycles. The van der Waals surface area contributed by atoms with E-state index in [0.29, 0.717) is 0 Å². The summed E-state index contributed by atoms with van der Waals surface area (Å²) in [6.45, 7) is 4.72. The molecule has 3 rings (SSSR count). The number of rotatable bonds is 1. The van der Waals surface area contributed by atoms with Gasteiger partial charge in [0.25, 0.3) is 0 Å². The number of aryl methyl sites for hydroxylation is 1. The van der Waals surface area contributed by atoms with Gasteiger partial charge in [0.15, 0.2) is 0 Å². The van der Waals surface area contributed by atoms with E-state index in [1.807, 2.05) is 0 Å². The lowest BCUT2D eigenvalue weighted by Gasteiger charge is -2.07. The maximum absolute atomic E-state index is 4.32. The average Bonchev–Trinajstić information content (AvgIpc) is 2.79. The summed E-state index contributed by atoms with van der Waals surface area (Å²) < 4.78 is 1.67. The Morgan fingerprint density at radius 2 is 1.94 bits per heavy atom. The molecule has 3 nitrogen and oxygen atoms in total. The minimum Gasteiger partial charge on any atom is -0.193 e. The molecule has 0 radical (unpaired) electrons. The van der Waals surface area contributed by atoms with Crippen molar-refractivity contribution >= 4 is 12.8 Å². The molecule has 0 saturated heterocycles. The van der Waals surface area contributed by atoms with Gasteiger partial charge in [0.05, 0.1) is 11.4 Å². The van der Waals surface area contributed by atoms with Gasteiger partial charge in [-0.3, -0.25) is 0 Å². The SMILES string of the molecule is CC(C)C1[C@H]2CCc3nnn(S)c3CC[C@@H]12. The zero-order valence-electron chi connectivity index (χ0n) is 9.93. The minimum absolute atomic E-state index is 0.844. The van der Waals surface area contributed by atoms with Crippen LogP contribution in [0.15, 0.2) is 0 Å². The summed E-state index contributed by atoms with van der Waals surface area (Å²) in [4.78, 5) is 0. The smallest absolute Gasteiger partial charge is 0.0870 e. The molecule has 1 aromatic heterocycles. The van der Waals surface area contributed by atoms with Gasteiger partial charge < -0.3 is 0 Å². The molecule has 0 N–H and O–H groups in total. The van der Waals surface area contributed by atoms with E-state index in [9.17, 15) is 0 Å². The molecule has 4 heteroatoms. The topological polar surface area (TPSA) is 30.7 Å². The van der Waals surface area contributed by atoms with Gasteiger partial charge >= 0.3 is 0 Å². The number of aromatic nitrogens is 3. The summed E-state index contributed by atoms with van der Waals surface area (Å²) in [5, 5.41) is 8.22. The number of nitrogens with zero attached hydrogens (tertiary/aromatic N) is 3. The van der Waals surface area contributed by atoms with E-state index in [-0.39, 0.29) is 0 Å². The van der Waals surface area contributed by atoms with Crippen LogP contribution in [0.3, 0.4) is 0 Å². The van der Waals surface area contributed by atoms with Crippen LogP contribution in [-0.2, 0) is 12.8 Å². The second-order valence-corrected chi connectivity index (χ2v) is 5.98. The zero-order valence-corrected chi connectivity index (χ0v) is 10.8. The first kappa shape index (κ1) is 10.6. The maximum Gasteiger partial charge on any atom is 0.0870 e. The second kappa shape index (κ2) is 3.76. The van der Waals surface area contributed by atoms with Crippen LogP contribution in [0.5, 0.6) is 0 Å². The third-order valence-corrected chi connectivity index (χ3v) is 4.74. The fourth-order valence-corrected chi connectivity index (χ4v) is 3.90. The Balaban J connectivity index is 1.78. The lowest BCUT2D eigenvalue weighted by Crippen LogP contribution is -2.02. The fourth-order valence-electron chi connectivity index (χ4n) is 3.65. The molecule has 1 aromatic rings. The van der Waals surface area contributed by atoms with E-state index < -0.39 is 0 Å². The molecule has 88 valence electrons. The van der Waals surface area contributed by atoms with E-state index >= 15 is 0 Å². The molecule has 0 amide bonds. The van der Waals surface area contributed by atoms with Crippen molar-refractivity contribution in [2.24, 2.45) is 23.7 Å². The molecule has 16 heavy (non-hydrogen) atoms. The normalized spacial score (nSPS) is 32.9.